The zero-order chi connectivity index (χ0) is 95.0. The molecule has 0 radical (unpaired) electrons. The predicted molar refractivity (Wildman–Crippen MR) is 595 cm³/mol. The number of hydrogen-bond donors (Lipinski definition) is 0. The summed E-state index contributed by atoms with van der Waals surface area (Å²) in [5, 5.41) is 23.1. The second-order valence-corrected chi connectivity index (χ2v) is 37.4. The molecule has 13 heteroatoms. The van der Waals surface area contributed by atoms with Crippen LogP contribution in [0.5, 0.6) is 0 Å². The van der Waals surface area contributed by atoms with Crippen LogP contribution >= 0.6 is 0 Å². The van der Waals surface area contributed by atoms with E-state index in [2.05, 4.69) is 340 Å². The minimum Gasteiger partial charge on any atom is -0.455 e. The fraction of sp³-hybridized carbons (Fsp3) is 0. The van der Waals surface area contributed by atoms with Gasteiger partial charge in [0.15, 0.2) is 40.5 Å². The van der Waals surface area contributed by atoms with Gasteiger partial charge in [0.25, 0.3) is 0 Å². The number of hydrogen-bond acceptors (Lipinski definition) is 9. The van der Waals surface area contributed by atoms with E-state index in [0.29, 0.717) is 34.9 Å². The molecule has 0 aliphatic heterocycles. The van der Waals surface area contributed by atoms with E-state index in [1.165, 1.54) is 59.2 Å². The van der Waals surface area contributed by atoms with E-state index < -0.39 is 0 Å². The molecule has 0 amide bonds. The molecule has 9 aromatic heterocycles. The molecule has 145 heavy (non-hydrogen) atoms. The Bertz CT molecular complexity index is 10700. The summed E-state index contributed by atoms with van der Waals surface area (Å²) in [7, 11) is 0. The third-order valence-electron chi connectivity index (χ3n) is 29.3. The predicted octanol–water partition coefficient (Wildman–Crippen LogP) is 34.6. The first kappa shape index (κ1) is 81.3. The number of rotatable bonds is 12. The smallest absolute Gasteiger partial charge is 0.167 e. The van der Waals surface area contributed by atoms with Gasteiger partial charge in [0, 0.05) is 131 Å². The van der Waals surface area contributed by atoms with Crippen LogP contribution < -0.4 is 0 Å². The Balaban J connectivity index is 0.000000135. The molecule has 31 aromatic rings. The van der Waals surface area contributed by atoms with Gasteiger partial charge >= 0.3 is 0 Å². The maximum Gasteiger partial charge on any atom is 0.167 e. The number of fused-ring (bicyclic) bond motifs is 27. The van der Waals surface area contributed by atoms with Crippen molar-refractivity contribution in [3.8, 4) is 113 Å². The minimum absolute atomic E-state index is 0.549. The van der Waals surface area contributed by atoms with Gasteiger partial charge in [-0.05, 0) is 171 Å². The Kier molecular flexibility index (Phi) is 18.2. The molecule has 0 atom stereocenters. The van der Waals surface area contributed by atoms with Crippen LogP contribution in [0, 0.1) is 0 Å². The molecular weight excluding hydrogens is 1770 g/mol. The summed E-state index contributed by atoms with van der Waals surface area (Å²) in [5.74, 6) is 3.68. The first-order chi connectivity index (χ1) is 71.9. The molecule has 0 saturated carbocycles. The van der Waals surface area contributed by atoms with Crippen molar-refractivity contribution in [2.24, 2.45) is 0 Å². The van der Waals surface area contributed by atoms with Gasteiger partial charge in [-0.25, -0.2) is 29.9 Å². The molecule has 13 nitrogen and oxygen atoms in total. The lowest BCUT2D eigenvalue weighted by molar-refractivity contribution is 0.667. The normalized spacial score (nSPS) is 12.0. The molecule has 0 unspecified atom stereocenters. The average molecular weight is 1850 g/mol. The SMILES string of the molecule is c1ccc(-c2nc(-c3ccccc3)nc(-c3ccc4c5ccc(-n6c7ccccc7c7cc(-n8c9ccccc9c9cc(-c%10cccc%11c%10oc%10ccccc%10%11)ccc98)ccc76)cc5c5ccccc5c4c3)n2)cc1.c1ccc(-c2nc(-c3ccccc3)nc(-c3cccc4c3oc3c(-n5c6ccccc6c6cc(-n7c8ccccc8c8cc(-c9cccc%10c9oc9ccccc9%10)ccc87)ccc65)cccc34)n2)cc1. The van der Waals surface area contributed by atoms with E-state index in [1.54, 1.807) is 0 Å². The van der Waals surface area contributed by atoms with E-state index in [4.69, 9.17) is 43.2 Å². The Morgan fingerprint density at radius 2 is 0.407 bits per heavy atom. The third kappa shape index (κ3) is 12.9. The van der Waals surface area contributed by atoms with E-state index in [1.807, 2.05) is 152 Å². The van der Waals surface area contributed by atoms with Crippen LogP contribution in [0.15, 0.2) is 486 Å². The Hall–Kier alpha value is -19.8. The highest BCUT2D eigenvalue weighted by atomic mass is 16.3. The van der Waals surface area contributed by atoms with Gasteiger partial charge in [0.2, 0.25) is 0 Å². The fourth-order valence-corrected chi connectivity index (χ4v) is 22.8. The van der Waals surface area contributed by atoms with Gasteiger partial charge in [-0.2, -0.15) is 0 Å². The van der Waals surface area contributed by atoms with Crippen molar-refractivity contribution in [3.05, 3.63) is 473 Å². The monoisotopic (exact) mass is 1850 g/mol. The van der Waals surface area contributed by atoms with Crippen molar-refractivity contribution >= 4 is 185 Å². The van der Waals surface area contributed by atoms with E-state index in [-0.39, 0.29) is 0 Å². The highest BCUT2D eigenvalue weighted by Crippen LogP contribution is 2.49. The van der Waals surface area contributed by atoms with Crippen LogP contribution in [0.3, 0.4) is 0 Å². The summed E-state index contributed by atoms with van der Waals surface area (Å²) >= 11 is 0. The van der Waals surface area contributed by atoms with Crippen LogP contribution in [0.1, 0.15) is 0 Å². The Morgan fingerprint density at radius 3 is 0.848 bits per heavy atom. The molecule has 22 aromatic carbocycles. The summed E-state index contributed by atoms with van der Waals surface area (Å²) in [5.41, 5.74) is 28.4. The Morgan fingerprint density at radius 1 is 0.138 bits per heavy atom. The highest BCUT2D eigenvalue weighted by molar-refractivity contribution is 6.27. The molecule has 0 aliphatic rings. The first-order valence-corrected chi connectivity index (χ1v) is 48.9. The van der Waals surface area contributed by atoms with Crippen LogP contribution in [0.25, 0.3) is 299 Å². The summed E-state index contributed by atoms with van der Waals surface area (Å²) in [4.78, 5) is 30.2. The lowest BCUT2D eigenvalue weighted by Gasteiger charge is -2.15. The standard InChI is InChI=1S/C69H41N5O.C63H37N5O2/c1-3-16-42(17-4-1)67-70-68(43-18-5-2-6-19-43)72-69(71-67)45-30-34-51-52-35-32-46(40-58(52)50-21-8-7-20-49(50)57(51)39-45)73-62-28-13-10-23-54(62)60-41-47(33-37-64(60)73)74-61-27-12-9-22-53(61)59-38-44(31-36-63(59)74)48-25-15-26-56-55-24-11-14-29-65(55)75-66(48)56;1-3-16-38(17-4-1)61-64-62(39-18-5-2-6-19-39)66-63(65-61)49-27-14-25-47-48-26-15-30-56(60(48)70-59(47)49)68-53-29-11-8-21-44(53)51-37-41(33-35-55(51)68)67-52-28-10-7-20-43(52)50-36-40(32-34-54(50)67)42-23-13-24-46-45-22-9-12-31-57(45)69-58(42)46/h1-41H;1-37H. The van der Waals surface area contributed by atoms with E-state index in [9.17, 15) is 0 Å². The number of nitrogens with zero attached hydrogens (tertiary/aromatic N) is 10. The zero-order valence-electron chi connectivity index (χ0n) is 77.7. The minimum atomic E-state index is 0.549. The molecule has 0 spiro atoms. The molecule has 9 heterocycles. The number of furan rings is 3. The number of para-hydroxylation sites is 10. The molecular formula is C132H78N10O3. The van der Waals surface area contributed by atoms with Gasteiger partial charge in [-0.3, -0.25) is 0 Å². The molecule has 0 saturated heterocycles. The number of aromatic nitrogens is 10. The second-order valence-electron chi connectivity index (χ2n) is 37.4. The van der Waals surface area contributed by atoms with Crippen LogP contribution in [0.4, 0.5) is 0 Å². The Labute approximate surface area is 827 Å². The molecule has 0 N–H and O–H groups in total. The van der Waals surface area contributed by atoms with Gasteiger partial charge in [0.1, 0.15) is 27.9 Å². The van der Waals surface area contributed by atoms with Crippen LogP contribution in [-0.2, 0) is 0 Å². The largest absolute Gasteiger partial charge is 0.455 e. The lowest BCUT2D eigenvalue weighted by atomic mass is 9.93. The molecule has 0 fully saturated rings. The summed E-state index contributed by atoms with van der Waals surface area (Å²) in [6.07, 6.45) is 0. The summed E-state index contributed by atoms with van der Waals surface area (Å²) in [6, 6.07) is 167. The van der Waals surface area contributed by atoms with Crippen molar-refractivity contribution in [1.29, 1.82) is 0 Å². The van der Waals surface area contributed by atoms with Crippen molar-refractivity contribution in [2.45, 2.75) is 0 Å². The van der Waals surface area contributed by atoms with Crippen molar-refractivity contribution in [3.63, 3.8) is 0 Å². The number of benzene rings is 22. The molecule has 674 valence electrons. The second kappa shape index (κ2) is 32.4. The summed E-state index contributed by atoms with van der Waals surface area (Å²) in [6.45, 7) is 0. The highest BCUT2D eigenvalue weighted by Gasteiger charge is 2.28. The van der Waals surface area contributed by atoms with Crippen molar-refractivity contribution < 1.29 is 13.3 Å². The molecule has 0 aliphatic carbocycles. The zero-order valence-corrected chi connectivity index (χ0v) is 77.7. The maximum absolute atomic E-state index is 7.11. The van der Waals surface area contributed by atoms with Crippen LogP contribution in [0.2, 0.25) is 0 Å². The fourth-order valence-electron chi connectivity index (χ4n) is 22.8. The van der Waals surface area contributed by atoms with Gasteiger partial charge in [-0.15, -0.1) is 0 Å². The summed E-state index contributed by atoms with van der Waals surface area (Å²) < 4.78 is 29.7. The van der Waals surface area contributed by atoms with Crippen LogP contribution in [-0.4, -0.2) is 48.2 Å². The molecule has 0 bridgehead atoms. The van der Waals surface area contributed by atoms with Crippen molar-refractivity contribution in [2.75, 3.05) is 0 Å². The molecule has 31 rings (SSSR count). The quantitative estimate of drug-likeness (QED) is 0.110. The topological polar surface area (TPSA) is 136 Å². The van der Waals surface area contributed by atoms with Crippen molar-refractivity contribution in [1.82, 2.24) is 48.2 Å². The van der Waals surface area contributed by atoms with E-state index >= 15 is 0 Å². The van der Waals surface area contributed by atoms with Gasteiger partial charge in [0.05, 0.1) is 55.4 Å². The first-order valence-electron chi connectivity index (χ1n) is 48.9. The maximum atomic E-state index is 7.11. The third-order valence-corrected chi connectivity index (χ3v) is 29.3. The average Bonchev–Trinajstić information content (AvgIpc) is 1.60. The van der Waals surface area contributed by atoms with Gasteiger partial charge in [-0.1, -0.05) is 346 Å². The van der Waals surface area contributed by atoms with Gasteiger partial charge < -0.3 is 31.5 Å². The lowest BCUT2D eigenvalue weighted by Crippen LogP contribution is -2.00. The van der Waals surface area contributed by atoms with E-state index in [0.717, 1.165) is 204 Å².